The van der Waals surface area contributed by atoms with Crippen LogP contribution in [0.2, 0.25) is 0 Å². The fraction of sp³-hybridized carbons (Fsp3) is 0.500. The Morgan fingerprint density at radius 2 is 2.09 bits per heavy atom. The first-order chi connectivity index (χ1) is 10.6. The topological polar surface area (TPSA) is 52.2 Å². The Morgan fingerprint density at radius 1 is 1.32 bits per heavy atom. The van der Waals surface area contributed by atoms with E-state index in [2.05, 4.69) is 53.3 Å². The van der Waals surface area contributed by atoms with Gasteiger partial charge < -0.3 is 5.11 Å². The maximum atomic E-state index is 10.5. The number of nitrogens with zero attached hydrogens (tertiary/aromatic N) is 2. The number of aromatic nitrogens is 2. The highest BCUT2D eigenvalue weighted by Gasteiger charge is 2.32. The number of likely N-dealkylation sites (N-methyl/N-ethyl adjacent to an activating group) is 1. The van der Waals surface area contributed by atoms with E-state index in [1.165, 1.54) is 16.7 Å². The Morgan fingerprint density at radius 3 is 2.82 bits per heavy atom. The van der Waals surface area contributed by atoms with Crippen LogP contribution in [0, 0.1) is 6.92 Å². The fourth-order valence-electron chi connectivity index (χ4n) is 3.52. The third-order valence-corrected chi connectivity index (χ3v) is 4.56. The predicted molar refractivity (Wildman–Crippen MR) is 88.5 cm³/mol. The van der Waals surface area contributed by atoms with Gasteiger partial charge in [-0.15, -0.1) is 0 Å². The van der Waals surface area contributed by atoms with Crippen molar-refractivity contribution in [2.24, 2.45) is 0 Å². The molecule has 4 nitrogen and oxygen atoms in total. The maximum Gasteiger partial charge on any atom is 0.0774 e. The van der Waals surface area contributed by atoms with Crippen LogP contribution in [0.15, 0.2) is 30.5 Å². The van der Waals surface area contributed by atoms with Crippen molar-refractivity contribution < 1.29 is 5.11 Å². The first-order valence-corrected chi connectivity index (χ1v) is 8.06. The van der Waals surface area contributed by atoms with Gasteiger partial charge in [-0.25, -0.2) is 0 Å². The molecule has 1 aliphatic rings. The van der Waals surface area contributed by atoms with Gasteiger partial charge in [-0.05, 0) is 32.9 Å². The van der Waals surface area contributed by atoms with E-state index < -0.39 is 5.60 Å². The van der Waals surface area contributed by atoms with Crippen molar-refractivity contribution in [2.75, 3.05) is 13.6 Å². The average Bonchev–Trinajstić information content (AvgIpc) is 3.08. The van der Waals surface area contributed by atoms with Crippen LogP contribution in [-0.2, 0) is 6.54 Å². The zero-order valence-corrected chi connectivity index (χ0v) is 13.5. The molecule has 1 aromatic carbocycles. The molecule has 0 unspecified atom stereocenters. The molecule has 22 heavy (non-hydrogen) atoms. The zero-order valence-electron chi connectivity index (χ0n) is 13.5. The molecule has 0 atom stereocenters. The van der Waals surface area contributed by atoms with Crippen LogP contribution in [0.3, 0.4) is 0 Å². The molecule has 2 N–H and O–H groups in total. The van der Waals surface area contributed by atoms with Crippen LogP contribution in [0.1, 0.15) is 36.8 Å². The normalized spacial score (nSPS) is 17.3. The highest BCUT2D eigenvalue weighted by Crippen LogP contribution is 2.30. The van der Waals surface area contributed by atoms with Crippen molar-refractivity contribution in [3.05, 3.63) is 41.6 Å². The van der Waals surface area contributed by atoms with Crippen molar-refractivity contribution in [1.82, 2.24) is 15.1 Å². The molecule has 1 saturated carbocycles. The molecule has 0 aliphatic heterocycles. The molecule has 4 heteroatoms. The summed E-state index contributed by atoms with van der Waals surface area (Å²) in [7, 11) is 2.07. The number of aromatic amines is 1. The van der Waals surface area contributed by atoms with Gasteiger partial charge in [-0.1, -0.05) is 36.6 Å². The number of rotatable bonds is 5. The van der Waals surface area contributed by atoms with Gasteiger partial charge >= 0.3 is 0 Å². The summed E-state index contributed by atoms with van der Waals surface area (Å²) < 4.78 is 0. The third kappa shape index (κ3) is 3.39. The molecule has 3 rings (SSSR count). The van der Waals surface area contributed by atoms with Crippen LogP contribution < -0.4 is 0 Å². The van der Waals surface area contributed by atoms with E-state index in [1.54, 1.807) is 0 Å². The zero-order chi connectivity index (χ0) is 15.6. The van der Waals surface area contributed by atoms with Crippen molar-refractivity contribution in [3.8, 4) is 11.3 Å². The Labute approximate surface area is 132 Å². The molecule has 1 aromatic heterocycles. The quantitative estimate of drug-likeness (QED) is 0.892. The second-order valence-corrected chi connectivity index (χ2v) is 6.74. The number of hydrogen-bond acceptors (Lipinski definition) is 3. The smallest absolute Gasteiger partial charge is 0.0774 e. The standard InChI is InChI=1S/C18H25N3O/c1-14-6-5-7-15(10-14)17-16(11-19-20-17)12-21(2)13-18(22)8-3-4-9-18/h5-7,10-11,22H,3-4,8-9,12-13H2,1-2H3,(H,19,20). The summed E-state index contributed by atoms with van der Waals surface area (Å²) in [6.45, 7) is 3.62. The summed E-state index contributed by atoms with van der Waals surface area (Å²) in [4.78, 5) is 2.20. The van der Waals surface area contributed by atoms with E-state index in [-0.39, 0.29) is 0 Å². The Bertz CT molecular complexity index is 629. The number of nitrogens with one attached hydrogen (secondary N) is 1. The lowest BCUT2D eigenvalue weighted by atomic mass is 10.0. The minimum atomic E-state index is -0.498. The molecule has 1 heterocycles. The van der Waals surface area contributed by atoms with Crippen molar-refractivity contribution in [1.29, 1.82) is 0 Å². The fourth-order valence-corrected chi connectivity index (χ4v) is 3.52. The highest BCUT2D eigenvalue weighted by molar-refractivity contribution is 5.63. The largest absolute Gasteiger partial charge is 0.389 e. The Kier molecular flexibility index (Phi) is 4.32. The van der Waals surface area contributed by atoms with E-state index >= 15 is 0 Å². The lowest BCUT2D eigenvalue weighted by Crippen LogP contribution is -2.38. The molecule has 1 fully saturated rings. The molecule has 0 saturated heterocycles. The molecular weight excluding hydrogens is 274 g/mol. The lowest BCUT2D eigenvalue weighted by Gasteiger charge is -2.28. The minimum absolute atomic E-state index is 0.498. The number of hydrogen-bond donors (Lipinski definition) is 2. The molecule has 118 valence electrons. The summed E-state index contributed by atoms with van der Waals surface area (Å²) in [5.41, 5.74) is 4.16. The molecule has 0 bridgehead atoms. The van der Waals surface area contributed by atoms with Gasteiger partial charge in [0.1, 0.15) is 0 Å². The number of benzene rings is 1. The molecule has 0 spiro atoms. The summed E-state index contributed by atoms with van der Waals surface area (Å²) in [6.07, 6.45) is 6.03. The number of aliphatic hydroxyl groups is 1. The van der Waals surface area contributed by atoms with Gasteiger partial charge in [-0.2, -0.15) is 5.10 Å². The summed E-state index contributed by atoms with van der Waals surface area (Å²) in [5, 5.41) is 17.9. The summed E-state index contributed by atoms with van der Waals surface area (Å²) >= 11 is 0. The van der Waals surface area contributed by atoms with Gasteiger partial charge in [0.2, 0.25) is 0 Å². The number of H-pyrrole nitrogens is 1. The van der Waals surface area contributed by atoms with E-state index in [9.17, 15) is 5.11 Å². The van der Waals surface area contributed by atoms with Gasteiger partial charge in [0.05, 0.1) is 17.5 Å². The van der Waals surface area contributed by atoms with Crippen molar-refractivity contribution in [2.45, 2.75) is 44.8 Å². The van der Waals surface area contributed by atoms with E-state index in [0.717, 1.165) is 44.5 Å². The van der Waals surface area contributed by atoms with Crippen LogP contribution in [0.4, 0.5) is 0 Å². The minimum Gasteiger partial charge on any atom is -0.389 e. The molecule has 0 radical (unpaired) electrons. The predicted octanol–water partition coefficient (Wildman–Crippen LogP) is 3.12. The SMILES string of the molecule is Cc1cccc(-c2[nH]ncc2CN(C)CC2(O)CCCC2)c1. The molecular formula is C18H25N3O. The monoisotopic (exact) mass is 299 g/mol. The summed E-state index contributed by atoms with van der Waals surface area (Å²) in [5.74, 6) is 0. The molecule has 2 aromatic rings. The van der Waals surface area contributed by atoms with Crippen LogP contribution >= 0.6 is 0 Å². The van der Waals surface area contributed by atoms with Gasteiger partial charge in [0.25, 0.3) is 0 Å². The lowest BCUT2D eigenvalue weighted by molar-refractivity contribution is 0.0145. The third-order valence-electron chi connectivity index (χ3n) is 4.56. The van der Waals surface area contributed by atoms with Crippen molar-refractivity contribution >= 4 is 0 Å². The Hall–Kier alpha value is -1.65. The highest BCUT2D eigenvalue weighted by atomic mass is 16.3. The average molecular weight is 299 g/mol. The Balaban J connectivity index is 1.72. The summed E-state index contributed by atoms with van der Waals surface area (Å²) in [6, 6.07) is 8.44. The van der Waals surface area contributed by atoms with E-state index in [4.69, 9.17) is 0 Å². The van der Waals surface area contributed by atoms with E-state index in [0.29, 0.717) is 0 Å². The van der Waals surface area contributed by atoms with Crippen LogP contribution in [0.25, 0.3) is 11.3 Å². The first kappa shape index (κ1) is 15.3. The van der Waals surface area contributed by atoms with E-state index in [1.807, 2.05) is 6.20 Å². The molecule has 1 aliphatic carbocycles. The van der Waals surface area contributed by atoms with Gasteiger partial charge in [-0.3, -0.25) is 10.00 Å². The van der Waals surface area contributed by atoms with Crippen molar-refractivity contribution in [3.63, 3.8) is 0 Å². The first-order valence-electron chi connectivity index (χ1n) is 8.06. The van der Waals surface area contributed by atoms with Crippen LogP contribution in [0.5, 0.6) is 0 Å². The second-order valence-electron chi connectivity index (χ2n) is 6.74. The van der Waals surface area contributed by atoms with Gasteiger partial charge in [0, 0.05) is 24.2 Å². The van der Waals surface area contributed by atoms with Gasteiger partial charge in [0.15, 0.2) is 0 Å². The van der Waals surface area contributed by atoms with Crippen LogP contribution in [-0.4, -0.2) is 39.4 Å². The number of aryl methyl sites for hydroxylation is 1. The maximum absolute atomic E-state index is 10.5. The molecule has 0 amide bonds. The second kappa shape index (κ2) is 6.23.